The molecule has 1 aromatic rings. The Bertz CT molecular complexity index is 782. The summed E-state index contributed by atoms with van der Waals surface area (Å²) in [5.41, 5.74) is 1.25. The molecule has 0 spiro atoms. The molecule has 2 rings (SSSR count). The van der Waals surface area contributed by atoms with E-state index in [0.29, 0.717) is 31.1 Å². The number of amides is 2. The third-order valence-corrected chi connectivity index (χ3v) is 5.20. The summed E-state index contributed by atoms with van der Waals surface area (Å²) >= 11 is 0. The molecule has 2 amide bonds. The van der Waals surface area contributed by atoms with Gasteiger partial charge in [-0.15, -0.1) is 24.0 Å². The summed E-state index contributed by atoms with van der Waals surface area (Å²) in [5.74, 6) is 1.25. The van der Waals surface area contributed by atoms with Crippen molar-refractivity contribution >= 4 is 41.9 Å². The van der Waals surface area contributed by atoms with Gasteiger partial charge in [0.25, 0.3) is 5.91 Å². The van der Waals surface area contributed by atoms with Gasteiger partial charge in [0.15, 0.2) is 5.96 Å². The summed E-state index contributed by atoms with van der Waals surface area (Å²) in [6.45, 7) is 11.3. The smallest absolute Gasteiger partial charge is 0.410 e. The van der Waals surface area contributed by atoms with Crippen LogP contribution in [0.2, 0.25) is 0 Å². The quantitative estimate of drug-likeness (QED) is 0.308. The Labute approximate surface area is 215 Å². The molecule has 0 bridgehead atoms. The highest BCUT2D eigenvalue weighted by atomic mass is 127. The van der Waals surface area contributed by atoms with E-state index in [1.807, 2.05) is 52.0 Å². The molecule has 1 aliphatic heterocycles. The van der Waals surface area contributed by atoms with Crippen LogP contribution in [0.1, 0.15) is 56.5 Å². The molecule has 186 valence electrons. The van der Waals surface area contributed by atoms with Crippen LogP contribution in [0.3, 0.4) is 0 Å². The third kappa shape index (κ3) is 10.2. The van der Waals surface area contributed by atoms with Gasteiger partial charge in [-0.2, -0.15) is 0 Å². The Morgan fingerprint density at radius 2 is 1.73 bits per heavy atom. The zero-order chi connectivity index (χ0) is 23.7. The zero-order valence-corrected chi connectivity index (χ0v) is 23.1. The number of rotatable bonds is 6. The van der Waals surface area contributed by atoms with E-state index in [0.717, 1.165) is 37.5 Å². The molecule has 1 aromatic carbocycles. The van der Waals surface area contributed by atoms with Crippen molar-refractivity contribution in [1.82, 2.24) is 20.4 Å². The van der Waals surface area contributed by atoms with Gasteiger partial charge in [-0.1, -0.05) is 12.1 Å². The van der Waals surface area contributed by atoms with E-state index >= 15 is 0 Å². The van der Waals surface area contributed by atoms with E-state index in [1.54, 1.807) is 23.9 Å². The van der Waals surface area contributed by atoms with Gasteiger partial charge in [-0.3, -0.25) is 4.79 Å². The summed E-state index contributed by atoms with van der Waals surface area (Å²) in [5, 5.41) is 6.71. The highest BCUT2D eigenvalue weighted by Gasteiger charge is 2.26. The standard InChI is InChI=1S/C24H39N5O3.HI/c1-7-25-22(26-16-18-8-10-20(11-9-18)21(30)28(5)6)27-17-19-12-14-29(15-13-19)23(31)32-24(2,3)4;/h8-11,19H,7,12-17H2,1-6H3,(H2,25,26,27);1H. The summed E-state index contributed by atoms with van der Waals surface area (Å²) in [7, 11) is 3.49. The first kappa shape index (κ1) is 29.0. The van der Waals surface area contributed by atoms with E-state index in [1.165, 1.54) is 0 Å². The van der Waals surface area contributed by atoms with Crippen LogP contribution in [0.5, 0.6) is 0 Å². The molecule has 0 saturated carbocycles. The van der Waals surface area contributed by atoms with Crippen LogP contribution >= 0.6 is 24.0 Å². The maximum absolute atomic E-state index is 12.2. The molecule has 8 nitrogen and oxygen atoms in total. The van der Waals surface area contributed by atoms with Crippen LogP contribution in [0.25, 0.3) is 0 Å². The van der Waals surface area contributed by atoms with Crippen LogP contribution in [0.4, 0.5) is 4.79 Å². The van der Waals surface area contributed by atoms with Crippen molar-refractivity contribution in [2.24, 2.45) is 10.9 Å². The Morgan fingerprint density at radius 3 is 2.24 bits per heavy atom. The number of likely N-dealkylation sites (tertiary alicyclic amines) is 1. The second-order valence-corrected chi connectivity index (χ2v) is 9.38. The Morgan fingerprint density at radius 1 is 1.12 bits per heavy atom. The second kappa shape index (κ2) is 13.6. The van der Waals surface area contributed by atoms with Crippen LogP contribution in [0, 0.1) is 5.92 Å². The highest BCUT2D eigenvalue weighted by Crippen LogP contribution is 2.19. The van der Waals surface area contributed by atoms with E-state index in [-0.39, 0.29) is 36.0 Å². The molecule has 1 saturated heterocycles. The molecule has 9 heteroatoms. The van der Waals surface area contributed by atoms with Gasteiger partial charge in [-0.05, 0) is 64.2 Å². The number of hydrogen-bond donors (Lipinski definition) is 2. The number of piperidine rings is 1. The molecule has 0 unspecified atom stereocenters. The van der Waals surface area contributed by atoms with Crippen molar-refractivity contribution < 1.29 is 14.3 Å². The Kier molecular flexibility index (Phi) is 12.0. The zero-order valence-electron chi connectivity index (χ0n) is 20.8. The summed E-state index contributed by atoms with van der Waals surface area (Å²) in [4.78, 5) is 32.3. The van der Waals surface area contributed by atoms with Gasteiger partial charge in [0.1, 0.15) is 5.60 Å². The van der Waals surface area contributed by atoms with Crippen molar-refractivity contribution in [2.75, 3.05) is 40.3 Å². The Hall–Kier alpha value is -2.04. The molecule has 1 heterocycles. The second-order valence-electron chi connectivity index (χ2n) is 9.38. The molecule has 1 fully saturated rings. The molecule has 1 aliphatic rings. The van der Waals surface area contributed by atoms with Crippen molar-refractivity contribution in [3.05, 3.63) is 35.4 Å². The number of aliphatic imine (C=N–C) groups is 1. The van der Waals surface area contributed by atoms with Gasteiger partial charge < -0.3 is 25.2 Å². The number of benzene rings is 1. The maximum atomic E-state index is 12.2. The number of nitrogens with one attached hydrogen (secondary N) is 2. The molecule has 0 radical (unpaired) electrons. The van der Waals surface area contributed by atoms with Crippen LogP contribution in [-0.4, -0.2) is 73.6 Å². The number of halogens is 1. The fourth-order valence-electron chi connectivity index (χ4n) is 3.41. The predicted octanol–water partition coefficient (Wildman–Crippen LogP) is 3.71. The normalized spacial score (nSPS) is 14.8. The van der Waals surface area contributed by atoms with Crippen LogP contribution in [0.15, 0.2) is 29.3 Å². The number of carbonyl (C=O) groups excluding carboxylic acids is 2. The summed E-state index contributed by atoms with van der Waals surface area (Å²) in [6, 6.07) is 7.56. The maximum Gasteiger partial charge on any atom is 0.410 e. The number of nitrogens with zero attached hydrogens (tertiary/aromatic N) is 3. The highest BCUT2D eigenvalue weighted by molar-refractivity contribution is 14.0. The minimum absolute atomic E-state index is 0. The molecule has 0 aliphatic carbocycles. The monoisotopic (exact) mass is 573 g/mol. The average Bonchev–Trinajstić information content (AvgIpc) is 2.74. The Balaban J connectivity index is 0.00000544. The summed E-state index contributed by atoms with van der Waals surface area (Å²) < 4.78 is 5.47. The van der Waals surface area contributed by atoms with Crippen LogP contribution < -0.4 is 10.6 Å². The number of carbonyl (C=O) groups is 2. The summed E-state index contributed by atoms with van der Waals surface area (Å²) in [6.07, 6.45) is 1.65. The van der Waals surface area contributed by atoms with Crippen molar-refractivity contribution in [3.63, 3.8) is 0 Å². The number of guanidine groups is 1. The number of hydrogen-bond acceptors (Lipinski definition) is 4. The lowest BCUT2D eigenvalue weighted by Gasteiger charge is -2.33. The minimum atomic E-state index is -0.463. The lowest BCUT2D eigenvalue weighted by molar-refractivity contribution is 0.0185. The molecular weight excluding hydrogens is 533 g/mol. The molecule has 0 aromatic heterocycles. The first-order valence-electron chi connectivity index (χ1n) is 11.4. The van der Waals surface area contributed by atoms with Crippen LogP contribution in [-0.2, 0) is 11.3 Å². The van der Waals surface area contributed by atoms with Crippen molar-refractivity contribution in [3.8, 4) is 0 Å². The fourth-order valence-corrected chi connectivity index (χ4v) is 3.41. The van der Waals surface area contributed by atoms with Gasteiger partial charge in [0, 0.05) is 45.8 Å². The minimum Gasteiger partial charge on any atom is -0.444 e. The van der Waals surface area contributed by atoms with E-state index in [9.17, 15) is 9.59 Å². The van der Waals surface area contributed by atoms with E-state index < -0.39 is 5.60 Å². The topological polar surface area (TPSA) is 86.3 Å². The lowest BCUT2D eigenvalue weighted by Crippen LogP contribution is -2.45. The van der Waals surface area contributed by atoms with Gasteiger partial charge in [0.05, 0.1) is 6.54 Å². The SMILES string of the molecule is CCNC(=NCc1ccc(C(=O)N(C)C)cc1)NCC1CCN(C(=O)OC(C)(C)C)CC1.I. The number of ether oxygens (including phenoxy) is 1. The fraction of sp³-hybridized carbons (Fsp3) is 0.625. The molecular formula is C24H40IN5O3. The van der Waals surface area contributed by atoms with Gasteiger partial charge >= 0.3 is 6.09 Å². The first-order chi connectivity index (χ1) is 15.1. The van der Waals surface area contributed by atoms with Gasteiger partial charge in [-0.25, -0.2) is 9.79 Å². The average molecular weight is 574 g/mol. The first-order valence-corrected chi connectivity index (χ1v) is 11.4. The predicted molar refractivity (Wildman–Crippen MR) is 143 cm³/mol. The molecule has 33 heavy (non-hydrogen) atoms. The van der Waals surface area contributed by atoms with Gasteiger partial charge in [0.2, 0.25) is 0 Å². The largest absolute Gasteiger partial charge is 0.444 e. The van der Waals surface area contributed by atoms with E-state index in [4.69, 9.17) is 4.74 Å². The van der Waals surface area contributed by atoms with E-state index in [2.05, 4.69) is 15.6 Å². The third-order valence-electron chi connectivity index (χ3n) is 5.20. The van der Waals surface area contributed by atoms with Crippen molar-refractivity contribution in [1.29, 1.82) is 0 Å². The van der Waals surface area contributed by atoms with Crippen molar-refractivity contribution in [2.45, 2.75) is 52.7 Å². The lowest BCUT2D eigenvalue weighted by atomic mass is 9.97. The molecule has 2 N–H and O–H groups in total. The molecule has 0 atom stereocenters.